The van der Waals surface area contributed by atoms with Crippen molar-refractivity contribution < 1.29 is 4.42 Å². The van der Waals surface area contributed by atoms with Crippen LogP contribution in [0.15, 0.2) is 199 Å². The highest BCUT2D eigenvalue weighted by Gasteiger charge is 2.18. The number of hydrogen-bond donors (Lipinski definition) is 0. The minimum Gasteiger partial charge on any atom is -0.455 e. The Hall–Kier alpha value is -7.27. The molecular weight excluding hydrogens is 713 g/mol. The van der Waals surface area contributed by atoms with Crippen LogP contribution in [0, 0.1) is 0 Å². The summed E-state index contributed by atoms with van der Waals surface area (Å²) in [6.07, 6.45) is 0. The van der Waals surface area contributed by atoms with Crippen LogP contribution >= 0.6 is 11.3 Å². The zero-order chi connectivity index (χ0) is 37.5. The van der Waals surface area contributed by atoms with Gasteiger partial charge in [-0.05, 0) is 104 Å². The van der Waals surface area contributed by atoms with Crippen molar-refractivity contribution in [1.29, 1.82) is 0 Å². The lowest BCUT2D eigenvalue weighted by molar-refractivity contribution is 0.672. The van der Waals surface area contributed by atoms with E-state index in [1.807, 2.05) is 12.1 Å². The molecule has 0 saturated heterocycles. The van der Waals surface area contributed by atoms with Crippen molar-refractivity contribution in [3.05, 3.63) is 194 Å². The second kappa shape index (κ2) is 12.6. The smallest absolute Gasteiger partial charge is 0.143 e. The number of aromatic nitrogens is 1. The van der Waals surface area contributed by atoms with Crippen molar-refractivity contribution >= 4 is 104 Å². The van der Waals surface area contributed by atoms with E-state index in [1.165, 1.54) is 48.1 Å². The summed E-state index contributed by atoms with van der Waals surface area (Å²) in [5.41, 5.74) is 9.65. The maximum atomic E-state index is 6.46. The highest BCUT2D eigenvalue weighted by molar-refractivity contribution is 7.22. The molecule has 0 saturated carbocycles. The molecule has 2 aromatic heterocycles. The van der Waals surface area contributed by atoms with E-state index in [0.717, 1.165) is 65.9 Å². The number of rotatable bonds is 5. The van der Waals surface area contributed by atoms with Crippen LogP contribution in [0.4, 0.5) is 17.1 Å². The second-order valence-electron chi connectivity index (χ2n) is 14.7. The third-order valence-corrected chi connectivity index (χ3v) is 12.6. The Labute approximate surface area is 332 Å². The van der Waals surface area contributed by atoms with Gasteiger partial charge in [-0.2, -0.15) is 0 Å². The van der Waals surface area contributed by atoms with Crippen molar-refractivity contribution in [2.75, 3.05) is 4.90 Å². The lowest BCUT2D eigenvalue weighted by Gasteiger charge is -2.26. The van der Waals surface area contributed by atoms with E-state index < -0.39 is 0 Å². The standard InChI is InChI=1S/C53H32N2OS/c1-2-10-37(11-3-1)53-54-48-30-23-36-18-17-35-21-26-41(32-47(35)50(36)52(48)57-53)55(39-24-19-34(20-25-39)43-15-8-12-33-9-4-5-13-42(33)43)40-27-29-44-38(31-40)22-28-46-45-14-6-7-16-49(45)56-51(44)46/h1-32H. The number of anilines is 3. The zero-order valence-electron chi connectivity index (χ0n) is 30.7. The fraction of sp³-hybridized carbons (Fsp3) is 0. The van der Waals surface area contributed by atoms with Crippen molar-refractivity contribution in [1.82, 2.24) is 4.98 Å². The van der Waals surface area contributed by atoms with Gasteiger partial charge in [0.25, 0.3) is 0 Å². The van der Waals surface area contributed by atoms with Crippen LogP contribution in [-0.4, -0.2) is 4.98 Å². The van der Waals surface area contributed by atoms with Crippen LogP contribution in [0.2, 0.25) is 0 Å². The van der Waals surface area contributed by atoms with E-state index in [1.54, 1.807) is 11.3 Å². The van der Waals surface area contributed by atoms with Gasteiger partial charge in [-0.3, -0.25) is 0 Å². The summed E-state index contributed by atoms with van der Waals surface area (Å²) in [7, 11) is 0. The first-order valence-corrected chi connectivity index (χ1v) is 20.1. The molecule has 57 heavy (non-hydrogen) atoms. The minimum atomic E-state index is 0.909. The van der Waals surface area contributed by atoms with Gasteiger partial charge in [0.2, 0.25) is 0 Å². The molecule has 0 aliphatic rings. The fourth-order valence-corrected chi connectivity index (χ4v) is 9.84. The summed E-state index contributed by atoms with van der Waals surface area (Å²) in [5, 5.41) is 12.9. The summed E-state index contributed by atoms with van der Waals surface area (Å²) in [5.74, 6) is 0. The first-order valence-electron chi connectivity index (χ1n) is 19.3. The van der Waals surface area contributed by atoms with E-state index in [9.17, 15) is 0 Å². The van der Waals surface area contributed by atoms with Gasteiger partial charge in [-0.1, -0.05) is 133 Å². The molecule has 0 atom stereocenters. The van der Waals surface area contributed by atoms with Gasteiger partial charge in [0.05, 0.1) is 10.2 Å². The van der Waals surface area contributed by atoms with Crippen molar-refractivity contribution in [2.24, 2.45) is 0 Å². The van der Waals surface area contributed by atoms with Crippen LogP contribution in [0.25, 0.3) is 96.9 Å². The highest BCUT2D eigenvalue weighted by Crippen LogP contribution is 2.44. The fourth-order valence-electron chi connectivity index (χ4n) is 8.71. The third kappa shape index (κ3) is 5.15. The Bertz CT molecular complexity index is 3520. The summed E-state index contributed by atoms with van der Waals surface area (Å²) >= 11 is 1.77. The summed E-state index contributed by atoms with van der Waals surface area (Å²) < 4.78 is 7.67. The Kier molecular flexibility index (Phi) is 7.10. The average molecular weight is 745 g/mol. The molecule has 0 N–H and O–H groups in total. The molecule has 10 aromatic carbocycles. The zero-order valence-corrected chi connectivity index (χ0v) is 31.5. The van der Waals surface area contributed by atoms with Gasteiger partial charge in [-0.25, -0.2) is 4.98 Å². The number of fused-ring (bicyclic) bond motifs is 11. The predicted octanol–water partition coefficient (Wildman–Crippen LogP) is 15.6. The predicted molar refractivity (Wildman–Crippen MR) is 242 cm³/mol. The molecule has 0 unspecified atom stereocenters. The Balaban J connectivity index is 1.06. The van der Waals surface area contributed by atoms with Crippen molar-refractivity contribution in [3.8, 4) is 21.7 Å². The molecule has 266 valence electrons. The molecule has 0 amide bonds. The molecule has 0 radical (unpaired) electrons. The van der Waals surface area contributed by atoms with Gasteiger partial charge < -0.3 is 9.32 Å². The number of hydrogen-bond acceptors (Lipinski definition) is 4. The van der Waals surface area contributed by atoms with Gasteiger partial charge in [0, 0.05) is 44.2 Å². The van der Waals surface area contributed by atoms with Crippen molar-refractivity contribution in [3.63, 3.8) is 0 Å². The highest BCUT2D eigenvalue weighted by atomic mass is 32.1. The first-order chi connectivity index (χ1) is 28.2. The molecule has 4 heteroatoms. The SMILES string of the molecule is c1ccc(-c2nc3ccc4ccc5ccc(N(c6ccc(-c7cccc8ccccc78)cc6)c6ccc7c(ccc8c9ccccc9oc78)c6)cc5c4c3s2)cc1. The normalized spacial score (nSPS) is 11.9. The molecule has 0 aliphatic carbocycles. The maximum absolute atomic E-state index is 6.46. The van der Waals surface area contributed by atoms with Gasteiger partial charge in [0.1, 0.15) is 16.2 Å². The summed E-state index contributed by atoms with van der Waals surface area (Å²) in [4.78, 5) is 7.49. The number of benzene rings is 10. The lowest BCUT2D eigenvalue weighted by atomic mass is 9.97. The maximum Gasteiger partial charge on any atom is 0.143 e. The van der Waals surface area contributed by atoms with Gasteiger partial charge in [-0.15, -0.1) is 11.3 Å². The second-order valence-corrected chi connectivity index (χ2v) is 15.7. The van der Waals surface area contributed by atoms with Crippen LogP contribution in [0.5, 0.6) is 0 Å². The molecule has 0 bridgehead atoms. The van der Waals surface area contributed by atoms with E-state index in [2.05, 4.69) is 187 Å². The minimum absolute atomic E-state index is 0.909. The molecule has 0 fully saturated rings. The Morgan fingerprint density at radius 1 is 0.421 bits per heavy atom. The van der Waals surface area contributed by atoms with Crippen molar-refractivity contribution in [2.45, 2.75) is 0 Å². The average Bonchev–Trinajstić information content (AvgIpc) is 3.89. The Morgan fingerprint density at radius 3 is 2.00 bits per heavy atom. The molecular formula is C53H32N2OS. The number of para-hydroxylation sites is 1. The van der Waals surface area contributed by atoms with Gasteiger partial charge in [0.15, 0.2) is 0 Å². The number of furan rings is 1. The largest absolute Gasteiger partial charge is 0.455 e. The Morgan fingerprint density at radius 2 is 1.09 bits per heavy atom. The third-order valence-electron chi connectivity index (χ3n) is 11.4. The van der Waals surface area contributed by atoms with E-state index in [0.29, 0.717) is 0 Å². The quantitative estimate of drug-likeness (QED) is 0.164. The van der Waals surface area contributed by atoms with Gasteiger partial charge >= 0.3 is 0 Å². The van der Waals surface area contributed by atoms with Crippen LogP contribution < -0.4 is 4.90 Å². The monoisotopic (exact) mass is 744 g/mol. The van der Waals surface area contributed by atoms with Crippen LogP contribution in [0.1, 0.15) is 0 Å². The number of thiazole rings is 1. The van der Waals surface area contributed by atoms with E-state index in [-0.39, 0.29) is 0 Å². The number of nitrogens with zero attached hydrogens (tertiary/aromatic N) is 2. The first kappa shape index (κ1) is 32.0. The topological polar surface area (TPSA) is 29.3 Å². The molecule has 12 aromatic rings. The molecule has 2 heterocycles. The van der Waals surface area contributed by atoms with Crippen LogP contribution in [-0.2, 0) is 0 Å². The lowest BCUT2D eigenvalue weighted by Crippen LogP contribution is -2.10. The molecule has 12 rings (SSSR count). The van der Waals surface area contributed by atoms with E-state index >= 15 is 0 Å². The summed E-state index contributed by atoms with van der Waals surface area (Å²) in [6.45, 7) is 0. The van der Waals surface area contributed by atoms with Crippen LogP contribution in [0.3, 0.4) is 0 Å². The molecule has 0 spiro atoms. The van der Waals surface area contributed by atoms with E-state index in [4.69, 9.17) is 9.40 Å². The molecule has 3 nitrogen and oxygen atoms in total. The summed E-state index contributed by atoms with van der Waals surface area (Å²) in [6, 6.07) is 69.9. The molecule has 0 aliphatic heterocycles.